The minimum Gasteiger partial charge on any atom is -0.480 e. The molecule has 0 aliphatic heterocycles. The number of anilines is 1. The molecule has 122 valence electrons. The van der Waals surface area contributed by atoms with Gasteiger partial charge in [0.15, 0.2) is 5.13 Å². The molecular weight excluding hydrogens is 312 g/mol. The number of amides is 1. The summed E-state index contributed by atoms with van der Waals surface area (Å²) in [5, 5.41) is 5.77. The SMILES string of the molecule is COc1nc2c(cc1C(=O)NCc1csc(N(C)C)n1)CCC2. The summed E-state index contributed by atoms with van der Waals surface area (Å²) in [6.45, 7) is 0.392. The first-order chi connectivity index (χ1) is 11.1. The molecule has 2 aromatic heterocycles. The first-order valence-corrected chi connectivity index (χ1v) is 8.43. The number of nitrogens with one attached hydrogen (secondary N) is 1. The minimum atomic E-state index is -0.177. The fourth-order valence-electron chi connectivity index (χ4n) is 2.62. The highest BCUT2D eigenvalue weighted by Crippen LogP contribution is 2.26. The molecule has 0 saturated heterocycles. The van der Waals surface area contributed by atoms with Gasteiger partial charge in [0.05, 0.1) is 19.3 Å². The van der Waals surface area contributed by atoms with Gasteiger partial charge in [0.1, 0.15) is 5.56 Å². The van der Waals surface area contributed by atoms with Gasteiger partial charge in [-0.3, -0.25) is 4.79 Å². The van der Waals surface area contributed by atoms with Crippen LogP contribution in [0.15, 0.2) is 11.4 Å². The van der Waals surface area contributed by atoms with E-state index >= 15 is 0 Å². The molecule has 2 aromatic rings. The van der Waals surface area contributed by atoms with E-state index in [1.165, 1.54) is 0 Å². The molecule has 7 heteroatoms. The minimum absolute atomic E-state index is 0.177. The zero-order chi connectivity index (χ0) is 16.4. The van der Waals surface area contributed by atoms with Crippen LogP contribution in [-0.4, -0.2) is 37.1 Å². The maximum absolute atomic E-state index is 12.5. The maximum Gasteiger partial charge on any atom is 0.257 e. The number of nitrogens with zero attached hydrogens (tertiary/aromatic N) is 3. The molecule has 1 aliphatic carbocycles. The largest absolute Gasteiger partial charge is 0.480 e. The molecule has 23 heavy (non-hydrogen) atoms. The Balaban J connectivity index is 1.72. The fraction of sp³-hybridized carbons (Fsp3) is 0.438. The summed E-state index contributed by atoms with van der Waals surface area (Å²) in [5.41, 5.74) is 3.55. The lowest BCUT2D eigenvalue weighted by Crippen LogP contribution is -2.24. The highest BCUT2D eigenvalue weighted by molar-refractivity contribution is 7.13. The van der Waals surface area contributed by atoms with Crippen molar-refractivity contribution in [2.24, 2.45) is 0 Å². The van der Waals surface area contributed by atoms with Crippen molar-refractivity contribution >= 4 is 22.4 Å². The summed E-state index contributed by atoms with van der Waals surface area (Å²) in [6, 6.07) is 1.91. The first kappa shape index (κ1) is 15.7. The van der Waals surface area contributed by atoms with Gasteiger partial charge in [-0.25, -0.2) is 9.97 Å². The number of rotatable bonds is 5. The molecule has 0 unspecified atom stereocenters. The van der Waals surface area contributed by atoms with Crippen molar-refractivity contribution in [1.29, 1.82) is 0 Å². The summed E-state index contributed by atoms with van der Waals surface area (Å²) in [6.07, 6.45) is 3.02. The number of aryl methyl sites for hydroxylation is 2. The number of ether oxygens (including phenoxy) is 1. The zero-order valence-electron chi connectivity index (χ0n) is 13.5. The van der Waals surface area contributed by atoms with Crippen LogP contribution in [0.1, 0.15) is 33.7 Å². The van der Waals surface area contributed by atoms with Gasteiger partial charge in [-0.05, 0) is 30.9 Å². The molecule has 0 spiro atoms. The van der Waals surface area contributed by atoms with E-state index in [2.05, 4.69) is 15.3 Å². The quantitative estimate of drug-likeness (QED) is 0.907. The normalized spacial score (nSPS) is 12.8. The van der Waals surface area contributed by atoms with Gasteiger partial charge < -0.3 is 15.0 Å². The van der Waals surface area contributed by atoms with Gasteiger partial charge in [0.2, 0.25) is 5.88 Å². The molecule has 0 aromatic carbocycles. The molecule has 0 fully saturated rings. The third kappa shape index (κ3) is 3.29. The van der Waals surface area contributed by atoms with Crippen molar-refractivity contribution in [2.75, 3.05) is 26.1 Å². The van der Waals surface area contributed by atoms with Crippen molar-refractivity contribution in [2.45, 2.75) is 25.8 Å². The Morgan fingerprint density at radius 1 is 1.39 bits per heavy atom. The predicted molar refractivity (Wildman–Crippen MR) is 90.4 cm³/mol. The van der Waals surface area contributed by atoms with Crippen LogP contribution in [0.5, 0.6) is 5.88 Å². The third-order valence-corrected chi connectivity index (χ3v) is 4.86. The Morgan fingerprint density at radius 2 is 2.22 bits per heavy atom. The van der Waals surface area contributed by atoms with Crippen LogP contribution in [-0.2, 0) is 19.4 Å². The number of carbonyl (C=O) groups is 1. The lowest BCUT2D eigenvalue weighted by atomic mass is 10.1. The number of fused-ring (bicyclic) bond motifs is 1. The van der Waals surface area contributed by atoms with Gasteiger partial charge in [-0.15, -0.1) is 11.3 Å². The smallest absolute Gasteiger partial charge is 0.257 e. The second kappa shape index (κ2) is 6.54. The number of hydrogen-bond acceptors (Lipinski definition) is 6. The molecule has 0 bridgehead atoms. The molecule has 2 heterocycles. The van der Waals surface area contributed by atoms with Crippen molar-refractivity contribution < 1.29 is 9.53 Å². The average molecular weight is 332 g/mol. The van der Waals surface area contributed by atoms with Crippen molar-refractivity contribution in [3.05, 3.63) is 34.0 Å². The molecule has 0 radical (unpaired) electrons. The molecular formula is C16H20N4O2S. The summed E-state index contributed by atoms with van der Waals surface area (Å²) >= 11 is 1.56. The van der Waals surface area contributed by atoms with Crippen LogP contribution in [0.4, 0.5) is 5.13 Å². The highest BCUT2D eigenvalue weighted by atomic mass is 32.1. The van der Waals surface area contributed by atoms with E-state index < -0.39 is 0 Å². The second-order valence-electron chi connectivity index (χ2n) is 5.70. The monoisotopic (exact) mass is 332 g/mol. The summed E-state index contributed by atoms with van der Waals surface area (Å²) < 4.78 is 5.29. The Kier molecular flexibility index (Phi) is 4.47. The van der Waals surface area contributed by atoms with Crippen LogP contribution in [0.25, 0.3) is 0 Å². The molecule has 0 saturated carbocycles. The number of thiazole rings is 1. The van der Waals surface area contributed by atoms with Gasteiger partial charge >= 0.3 is 0 Å². The standard InChI is InChI=1S/C16H20N4O2S/c1-20(2)16-18-11(9-23-16)8-17-14(21)12-7-10-5-4-6-13(10)19-15(12)22-3/h7,9H,4-6,8H2,1-3H3,(H,17,21). The maximum atomic E-state index is 12.5. The van der Waals surface area contributed by atoms with E-state index in [4.69, 9.17) is 4.74 Å². The Bertz CT molecular complexity index is 727. The van der Waals surface area contributed by atoms with Crippen LogP contribution < -0.4 is 15.0 Å². The average Bonchev–Trinajstić information content (AvgIpc) is 3.19. The van der Waals surface area contributed by atoms with E-state index in [1.54, 1.807) is 18.4 Å². The zero-order valence-corrected chi connectivity index (χ0v) is 14.4. The number of aromatic nitrogens is 2. The Labute approximate surface area is 139 Å². The third-order valence-electron chi connectivity index (χ3n) is 3.81. The lowest BCUT2D eigenvalue weighted by molar-refractivity contribution is 0.0946. The van der Waals surface area contributed by atoms with Crippen LogP contribution in [0, 0.1) is 0 Å². The Hall–Kier alpha value is -2.15. The predicted octanol–water partition coefficient (Wildman–Crippen LogP) is 2.03. The van der Waals surface area contributed by atoms with Gasteiger partial charge in [0.25, 0.3) is 5.91 Å². The molecule has 1 amide bonds. The van der Waals surface area contributed by atoms with E-state index in [9.17, 15) is 4.79 Å². The van der Waals surface area contributed by atoms with Gasteiger partial charge in [-0.1, -0.05) is 0 Å². The van der Waals surface area contributed by atoms with Crippen LogP contribution in [0.2, 0.25) is 0 Å². The van der Waals surface area contributed by atoms with Crippen molar-refractivity contribution in [1.82, 2.24) is 15.3 Å². The number of carbonyl (C=O) groups excluding carboxylic acids is 1. The van der Waals surface area contributed by atoms with Gasteiger partial charge in [0, 0.05) is 25.2 Å². The molecule has 1 N–H and O–H groups in total. The van der Waals surface area contributed by atoms with E-state index in [1.807, 2.05) is 30.4 Å². The van der Waals surface area contributed by atoms with Crippen LogP contribution >= 0.6 is 11.3 Å². The lowest BCUT2D eigenvalue weighted by Gasteiger charge is -2.10. The summed E-state index contributed by atoms with van der Waals surface area (Å²) in [4.78, 5) is 23.4. The number of methoxy groups -OCH3 is 1. The van der Waals surface area contributed by atoms with E-state index in [-0.39, 0.29) is 5.91 Å². The van der Waals surface area contributed by atoms with Gasteiger partial charge in [-0.2, -0.15) is 0 Å². The fourth-order valence-corrected chi connectivity index (χ4v) is 3.38. The molecule has 0 atom stereocenters. The van der Waals surface area contributed by atoms with E-state index in [0.717, 1.165) is 41.3 Å². The number of pyridine rings is 1. The molecule has 1 aliphatic rings. The summed E-state index contributed by atoms with van der Waals surface area (Å²) in [5.74, 6) is 0.221. The van der Waals surface area contributed by atoms with E-state index in [0.29, 0.717) is 18.0 Å². The molecule has 3 rings (SSSR count). The number of hydrogen-bond donors (Lipinski definition) is 1. The first-order valence-electron chi connectivity index (χ1n) is 7.55. The molecule has 6 nitrogen and oxygen atoms in total. The van der Waals surface area contributed by atoms with Crippen molar-refractivity contribution in [3.63, 3.8) is 0 Å². The summed E-state index contributed by atoms with van der Waals surface area (Å²) in [7, 11) is 5.44. The Morgan fingerprint density at radius 3 is 2.91 bits per heavy atom. The topological polar surface area (TPSA) is 67.3 Å². The van der Waals surface area contributed by atoms with Crippen LogP contribution in [0.3, 0.4) is 0 Å². The van der Waals surface area contributed by atoms with Crippen molar-refractivity contribution in [3.8, 4) is 5.88 Å². The second-order valence-corrected chi connectivity index (χ2v) is 6.54. The highest BCUT2D eigenvalue weighted by Gasteiger charge is 2.21.